The van der Waals surface area contributed by atoms with Crippen molar-refractivity contribution >= 4 is 11.8 Å². The summed E-state index contributed by atoms with van der Waals surface area (Å²) in [5.74, 6) is 0.902. The third kappa shape index (κ3) is 4.02. The zero-order chi connectivity index (χ0) is 12.0. The average Bonchev–Trinajstić information content (AvgIpc) is 2.21. The highest BCUT2D eigenvalue weighted by Crippen LogP contribution is 2.23. The number of para-hydroxylation sites is 1. The largest absolute Gasteiger partial charge is 0.489 e. The number of ether oxygens (including phenoxy) is 1. The van der Waals surface area contributed by atoms with E-state index in [2.05, 4.69) is 0 Å². The third-order valence-electron chi connectivity index (χ3n) is 2.12. The van der Waals surface area contributed by atoms with Crippen LogP contribution < -0.4 is 10.5 Å². The number of hydrogen-bond acceptors (Lipinski definition) is 3. The standard InChI is InChI=1S/C12H18FNOS/c1-9(14)8-10-4-3-5-11(13)12(10)15-6-7-16-2/h3-5,9H,6-8,14H2,1-2H3. The van der Waals surface area contributed by atoms with Crippen LogP contribution >= 0.6 is 11.8 Å². The third-order valence-corrected chi connectivity index (χ3v) is 2.70. The minimum Gasteiger partial charge on any atom is -0.489 e. The van der Waals surface area contributed by atoms with Crippen molar-refractivity contribution in [1.29, 1.82) is 0 Å². The molecule has 2 N–H and O–H groups in total. The van der Waals surface area contributed by atoms with Gasteiger partial charge in [-0.15, -0.1) is 0 Å². The molecule has 0 aliphatic rings. The highest BCUT2D eigenvalue weighted by molar-refractivity contribution is 7.98. The van der Waals surface area contributed by atoms with E-state index in [0.717, 1.165) is 11.3 Å². The van der Waals surface area contributed by atoms with Gasteiger partial charge in [0.05, 0.1) is 6.61 Å². The fourth-order valence-corrected chi connectivity index (χ4v) is 1.70. The van der Waals surface area contributed by atoms with Gasteiger partial charge in [-0.3, -0.25) is 0 Å². The molecule has 1 atom stereocenters. The van der Waals surface area contributed by atoms with Crippen molar-refractivity contribution < 1.29 is 9.13 Å². The number of halogens is 1. The van der Waals surface area contributed by atoms with E-state index in [4.69, 9.17) is 10.5 Å². The molecule has 1 rings (SSSR count). The van der Waals surface area contributed by atoms with Crippen LogP contribution in [0.25, 0.3) is 0 Å². The summed E-state index contributed by atoms with van der Waals surface area (Å²) in [6.45, 7) is 2.42. The van der Waals surface area contributed by atoms with E-state index in [-0.39, 0.29) is 11.9 Å². The summed E-state index contributed by atoms with van der Waals surface area (Å²) in [6, 6.07) is 4.97. The molecule has 1 unspecified atom stereocenters. The van der Waals surface area contributed by atoms with E-state index in [9.17, 15) is 4.39 Å². The van der Waals surface area contributed by atoms with Crippen LogP contribution in [0.5, 0.6) is 5.75 Å². The minimum atomic E-state index is -0.306. The van der Waals surface area contributed by atoms with Crippen LogP contribution in [-0.2, 0) is 6.42 Å². The second-order valence-corrected chi connectivity index (χ2v) is 4.74. The predicted octanol–water partition coefficient (Wildman–Crippen LogP) is 2.46. The van der Waals surface area contributed by atoms with Crippen LogP contribution in [0.1, 0.15) is 12.5 Å². The molecule has 0 amide bonds. The van der Waals surface area contributed by atoms with Crippen molar-refractivity contribution in [1.82, 2.24) is 0 Å². The molecule has 90 valence electrons. The molecule has 0 aromatic heterocycles. The summed E-state index contributed by atoms with van der Waals surface area (Å²) in [5, 5.41) is 0. The molecular weight excluding hydrogens is 225 g/mol. The van der Waals surface area contributed by atoms with Gasteiger partial charge in [-0.25, -0.2) is 4.39 Å². The van der Waals surface area contributed by atoms with Crippen LogP contribution in [0.2, 0.25) is 0 Å². The van der Waals surface area contributed by atoms with Gasteiger partial charge in [-0.2, -0.15) is 11.8 Å². The zero-order valence-electron chi connectivity index (χ0n) is 9.70. The van der Waals surface area contributed by atoms with Crippen molar-refractivity contribution in [2.45, 2.75) is 19.4 Å². The topological polar surface area (TPSA) is 35.2 Å². The van der Waals surface area contributed by atoms with Gasteiger partial charge in [0.15, 0.2) is 11.6 Å². The first kappa shape index (κ1) is 13.3. The summed E-state index contributed by atoms with van der Waals surface area (Å²) in [4.78, 5) is 0. The molecule has 0 spiro atoms. The fraction of sp³-hybridized carbons (Fsp3) is 0.500. The Kier molecular flexibility index (Phi) is 5.63. The molecule has 0 saturated heterocycles. The molecule has 0 aliphatic carbocycles. The van der Waals surface area contributed by atoms with E-state index in [1.54, 1.807) is 17.8 Å². The number of nitrogens with two attached hydrogens (primary N) is 1. The van der Waals surface area contributed by atoms with Crippen molar-refractivity contribution in [2.75, 3.05) is 18.6 Å². The lowest BCUT2D eigenvalue weighted by Crippen LogP contribution is -2.18. The Morgan fingerprint density at radius 2 is 2.25 bits per heavy atom. The highest BCUT2D eigenvalue weighted by Gasteiger charge is 2.10. The van der Waals surface area contributed by atoms with Gasteiger partial charge in [0.25, 0.3) is 0 Å². The maximum atomic E-state index is 13.6. The number of benzene rings is 1. The van der Waals surface area contributed by atoms with Gasteiger partial charge in [-0.1, -0.05) is 12.1 Å². The summed E-state index contributed by atoms with van der Waals surface area (Å²) >= 11 is 1.67. The fourth-order valence-electron chi connectivity index (χ4n) is 1.45. The molecule has 2 nitrogen and oxygen atoms in total. The predicted molar refractivity (Wildman–Crippen MR) is 67.6 cm³/mol. The first-order valence-electron chi connectivity index (χ1n) is 5.30. The Labute approximate surface area is 100 Å². The SMILES string of the molecule is CSCCOc1c(F)cccc1CC(C)N. The van der Waals surface area contributed by atoms with Gasteiger partial charge in [0.2, 0.25) is 0 Å². The Morgan fingerprint density at radius 1 is 1.50 bits per heavy atom. The van der Waals surface area contributed by atoms with E-state index < -0.39 is 0 Å². The van der Waals surface area contributed by atoms with Gasteiger partial charge in [0, 0.05) is 11.8 Å². The summed E-state index contributed by atoms with van der Waals surface area (Å²) in [5.41, 5.74) is 6.56. The summed E-state index contributed by atoms with van der Waals surface area (Å²) in [6.07, 6.45) is 2.62. The van der Waals surface area contributed by atoms with Crippen molar-refractivity contribution in [3.05, 3.63) is 29.6 Å². The number of hydrogen-bond donors (Lipinski definition) is 1. The quantitative estimate of drug-likeness (QED) is 0.780. The molecule has 16 heavy (non-hydrogen) atoms. The first-order valence-corrected chi connectivity index (χ1v) is 6.69. The number of thioether (sulfide) groups is 1. The molecule has 1 aromatic rings. The van der Waals surface area contributed by atoms with Crippen LogP contribution in [0.15, 0.2) is 18.2 Å². The van der Waals surface area contributed by atoms with E-state index >= 15 is 0 Å². The molecule has 4 heteroatoms. The molecule has 0 radical (unpaired) electrons. The Balaban J connectivity index is 2.77. The monoisotopic (exact) mass is 243 g/mol. The van der Waals surface area contributed by atoms with Gasteiger partial charge in [0.1, 0.15) is 0 Å². The number of rotatable bonds is 6. The van der Waals surface area contributed by atoms with Crippen molar-refractivity contribution in [3.8, 4) is 5.75 Å². The Morgan fingerprint density at radius 3 is 2.88 bits per heavy atom. The Hall–Kier alpha value is -0.740. The van der Waals surface area contributed by atoms with Gasteiger partial charge in [-0.05, 0) is 31.2 Å². The van der Waals surface area contributed by atoms with Crippen molar-refractivity contribution in [2.24, 2.45) is 5.73 Å². The minimum absolute atomic E-state index is 0.00435. The lowest BCUT2D eigenvalue weighted by molar-refractivity contribution is 0.320. The first-order chi connectivity index (χ1) is 7.65. The molecule has 0 bridgehead atoms. The second kappa shape index (κ2) is 6.76. The summed E-state index contributed by atoms with van der Waals surface area (Å²) < 4.78 is 19.0. The highest BCUT2D eigenvalue weighted by atomic mass is 32.2. The molecule has 0 heterocycles. The van der Waals surface area contributed by atoms with E-state index in [0.29, 0.717) is 18.8 Å². The van der Waals surface area contributed by atoms with Gasteiger partial charge >= 0.3 is 0 Å². The molecule has 0 aliphatic heterocycles. The maximum Gasteiger partial charge on any atom is 0.165 e. The zero-order valence-corrected chi connectivity index (χ0v) is 10.5. The second-order valence-electron chi connectivity index (χ2n) is 3.75. The van der Waals surface area contributed by atoms with E-state index in [1.807, 2.05) is 19.2 Å². The van der Waals surface area contributed by atoms with Crippen LogP contribution in [0, 0.1) is 5.82 Å². The van der Waals surface area contributed by atoms with Crippen LogP contribution in [0.3, 0.4) is 0 Å². The lowest BCUT2D eigenvalue weighted by atomic mass is 10.1. The van der Waals surface area contributed by atoms with Crippen molar-refractivity contribution in [3.63, 3.8) is 0 Å². The smallest absolute Gasteiger partial charge is 0.165 e. The van der Waals surface area contributed by atoms with Gasteiger partial charge < -0.3 is 10.5 Å². The molecular formula is C12H18FNOS. The summed E-state index contributed by atoms with van der Waals surface area (Å²) in [7, 11) is 0. The lowest BCUT2D eigenvalue weighted by Gasteiger charge is -2.13. The molecule has 1 aromatic carbocycles. The molecule has 0 fully saturated rings. The van der Waals surface area contributed by atoms with E-state index in [1.165, 1.54) is 6.07 Å². The normalized spacial score (nSPS) is 12.5. The molecule has 0 saturated carbocycles. The maximum absolute atomic E-state index is 13.6. The van der Waals surface area contributed by atoms with Crippen LogP contribution in [-0.4, -0.2) is 24.7 Å². The Bertz CT molecular complexity index is 331. The average molecular weight is 243 g/mol. The van der Waals surface area contributed by atoms with Crippen LogP contribution in [0.4, 0.5) is 4.39 Å².